The minimum absolute atomic E-state index is 0.237. The average molecular weight is 340 g/mol. The number of hydrogen-bond acceptors (Lipinski definition) is 2. The van der Waals surface area contributed by atoms with Crippen LogP contribution < -0.4 is 15.5 Å². The highest BCUT2D eigenvalue weighted by Gasteiger charge is 2.19. The van der Waals surface area contributed by atoms with Crippen LogP contribution in [0.4, 0.5) is 5.69 Å². The highest BCUT2D eigenvalue weighted by molar-refractivity contribution is 5.93. The van der Waals surface area contributed by atoms with Crippen LogP contribution in [-0.4, -0.2) is 31.0 Å². The van der Waals surface area contributed by atoms with E-state index in [1.165, 1.54) is 0 Å². The molecular formula is C20H28N4O. The molecule has 0 aromatic heterocycles. The second-order valence-corrected chi connectivity index (χ2v) is 6.65. The molecule has 1 amide bonds. The summed E-state index contributed by atoms with van der Waals surface area (Å²) in [6.45, 7) is 4.39. The molecule has 25 heavy (non-hydrogen) atoms. The fourth-order valence-electron chi connectivity index (χ4n) is 3.28. The van der Waals surface area contributed by atoms with Crippen molar-refractivity contribution in [1.82, 2.24) is 10.6 Å². The van der Waals surface area contributed by atoms with E-state index in [0.29, 0.717) is 19.0 Å². The predicted molar refractivity (Wildman–Crippen MR) is 103 cm³/mol. The third kappa shape index (κ3) is 4.84. The Bertz CT molecular complexity index is 628. The number of carbonyl (C=O) groups excluding carboxylic acids is 1. The van der Waals surface area contributed by atoms with Crippen molar-refractivity contribution in [3.8, 4) is 0 Å². The van der Waals surface area contributed by atoms with Crippen LogP contribution in [-0.2, 0) is 11.3 Å². The highest BCUT2D eigenvalue weighted by atomic mass is 16.2. The Hall–Kier alpha value is -2.30. The van der Waals surface area contributed by atoms with Gasteiger partial charge in [0, 0.05) is 31.2 Å². The monoisotopic (exact) mass is 340 g/mol. The third-order valence-electron chi connectivity index (χ3n) is 4.68. The fourth-order valence-corrected chi connectivity index (χ4v) is 3.28. The largest absolute Gasteiger partial charge is 0.357 e. The summed E-state index contributed by atoms with van der Waals surface area (Å²) in [4.78, 5) is 18.6. The lowest BCUT2D eigenvalue weighted by atomic mass is 10.1. The molecule has 5 nitrogen and oxygen atoms in total. The molecule has 0 radical (unpaired) electrons. The summed E-state index contributed by atoms with van der Waals surface area (Å²) in [7, 11) is 0. The van der Waals surface area contributed by atoms with Crippen LogP contribution in [0.5, 0.6) is 0 Å². The van der Waals surface area contributed by atoms with Gasteiger partial charge >= 0.3 is 0 Å². The van der Waals surface area contributed by atoms with E-state index in [0.717, 1.165) is 56.0 Å². The molecule has 0 saturated carbocycles. The lowest BCUT2D eigenvalue weighted by Crippen LogP contribution is -2.42. The van der Waals surface area contributed by atoms with Crippen molar-refractivity contribution in [3.63, 3.8) is 0 Å². The molecule has 0 spiro atoms. The molecule has 2 N–H and O–H groups in total. The molecule has 1 aliphatic carbocycles. The van der Waals surface area contributed by atoms with Crippen LogP contribution in [0.1, 0.15) is 44.6 Å². The first-order valence-electron chi connectivity index (χ1n) is 9.35. The maximum absolute atomic E-state index is 12.0. The summed E-state index contributed by atoms with van der Waals surface area (Å²) in [5, 5.41) is 6.79. The number of aliphatic imine (C=N–C) groups is 1. The molecule has 1 aromatic carbocycles. The zero-order valence-electron chi connectivity index (χ0n) is 15.0. The Labute approximate surface area is 150 Å². The Morgan fingerprint density at radius 1 is 1.20 bits per heavy atom. The minimum atomic E-state index is 0.237. The Morgan fingerprint density at radius 2 is 1.96 bits per heavy atom. The fraction of sp³-hybridized carbons (Fsp3) is 0.500. The van der Waals surface area contributed by atoms with Crippen molar-refractivity contribution in [1.29, 1.82) is 0 Å². The molecular weight excluding hydrogens is 312 g/mol. The molecule has 1 aliphatic heterocycles. The molecule has 1 heterocycles. The van der Waals surface area contributed by atoms with Crippen molar-refractivity contribution in [2.24, 2.45) is 4.99 Å². The standard InChI is InChI=1S/C20H28N4O/c1-2-21-20(23-17-7-3-4-8-17)22-15-16-10-12-18(13-11-16)24-14-6-5-9-19(24)25/h3-4,10-13,17H,2,5-9,14-15H2,1H3,(H2,21,22,23). The molecule has 3 rings (SSSR count). The summed E-state index contributed by atoms with van der Waals surface area (Å²) >= 11 is 0. The number of carbonyl (C=O) groups is 1. The number of anilines is 1. The van der Waals surface area contributed by atoms with Crippen molar-refractivity contribution in [2.75, 3.05) is 18.0 Å². The lowest BCUT2D eigenvalue weighted by molar-refractivity contribution is -0.119. The first-order chi connectivity index (χ1) is 12.3. The van der Waals surface area contributed by atoms with E-state index in [9.17, 15) is 4.79 Å². The maximum Gasteiger partial charge on any atom is 0.226 e. The van der Waals surface area contributed by atoms with Gasteiger partial charge in [0.1, 0.15) is 0 Å². The Kier molecular flexibility index (Phi) is 6.09. The van der Waals surface area contributed by atoms with Gasteiger partial charge in [-0.1, -0.05) is 24.3 Å². The summed E-state index contributed by atoms with van der Waals surface area (Å²) in [5.41, 5.74) is 2.15. The van der Waals surface area contributed by atoms with E-state index < -0.39 is 0 Å². The topological polar surface area (TPSA) is 56.7 Å². The van der Waals surface area contributed by atoms with Crippen molar-refractivity contribution < 1.29 is 4.79 Å². The van der Waals surface area contributed by atoms with Gasteiger partial charge in [-0.2, -0.15) is 0 Å². The molecule has 0 bridgehead atoms. The summed E-state index contributed by atoms with van der Waals surface area (Å²) in [5.74, 6) is 1.10. The summed E-state index contributed by atoms with van der Waals surface area (Å²) < 4.78 is 0. The van der Waals surface area contributed by atoms with E-state index in [1.54, 1.807) is 0 Å². The number of hydrogen-bond donors (Lipinski definition) is 2. The molecule has 5 heteroatoms. The van der Waals surface area contributed by atoms with Gasteiger partial charge in [0.2, 0.25) is 5.91 Å². The zero-order chi connectivity index (χ0) is 17.5. The number of nitrogens with one attached hydrogen (secondary N) is 2. The van der Waals surface area contributed by atoms with Gasteiger partial charge < -0.3 is 15.5 Å². The van der Waals surface area contributed by atoms with Crippen LogP contribution in [0, 0.1) is 0 Å². The van der Waals surface area contributed by atoms with E-state index in [1.807, 2.05) is 17.0 Å². The van der Waals surface area contributed by atoms with Crippen LogP contribution in [0.25, 0.3) is 0 Å². The average Bonchev–Trinajstić information content (AvgIpc) is 3.14. The Morgan fingerprint density at radius 3 is 2.64 bits per heavy atom. The first-order valence-corrected chi connectivity index (χ1v) is 9.35. The number of guanidine groups is 1. The molecule has 134 valence electrons. The third-order valence-corrected chi connectivity index (χ3v) is 4.68. The van der Waals surface area contributed by atoms with Gasteiger partial charge in [0.25, 0.3) is 0 Å². The molecule has 1 fully saturated rings. The maximum atomic E-state index is 12.0. The first kappa shape index (κ1) is 17.5. The number of piperidine rings is 1. The van der Waals surface area contributed by atoms with Crippen molar-refractivity contribution >= 4 is 17.6 Å². The minimum Gasteiger partial charge on any atom is -0.357 e. The number of rotatable bonds is 5. The molecule has 2 aliphatic rings. The molecule has 1 saturated heterocycles. The number of nitrogens with zero attached hydrogens (tertiary/aromatic N) is 2. The second-order valence-electron chi connectivity index (χ2n) is 6.65. The summed E-state index contributed by atoms with van der Waals surface area (Å²) in [6, 6.07) is 8.67. The number of benzene rings is 1. The number of amides is 1. The molecule has 1 aromatic rings. The van der Waals surface area contributed by atoms with Gasteiger partial charge in [-0.05, 0) is 50.3 Å². The highest BCUT2D eigenvalue weighted by Crippen LogP contribution is 2.21. The van der Waals surface area contributed by atoms with E-state index >= 15 is 0 Å². The van der Waals surface area contributed by atoms with Crippen LogP contribution in [0.15, 0.2) is 41.4 Å². The van der Waals surface area contributed by atoms with E-state index in [2.05, 4.69) is 41.8 Å². The van der Waals surface area contributed by atoms with Gasteiger partial charge in [0.05, 0.1) is 6.54 Å². The van der Waals surface area contributed by atoms with Gasteiger partial charge in [-0.25, -0.2) is 4.99 Å². The van der Waals surface area contributed by atoms with E-state index in [4.69, 9.17) is 4.99 Å². The van der Waals surface area contributed by atoms with Gasteiger partial charge in [0.15, 0.2) is 5.96 Å². The van der Waals surface area contributed by atoms with Crippen LogP contribution in [0.3, 0.4) is 0 Å². The van der Waals surface area contributed by atoms with E-state index in [-0.39, 0.29) is 5.91 Å². The van der Waals surface area contributed by atoms with Crippen molar-refractivity contribution in [2.45, 2.75) is 51.6 Å². The lowest BCUT2D eigenvalue weighted by Gasteiger charge is -2.26. The van der Waals surface area contributed by atoms with Crippen LogP contribution in [0.2, 0.25) is 0 Å². The quantitative estimate of drug-likeness (QED) is 0.492. The smallest absolute Gasteiger partial charge is 0.226 e. The Balaban J connectivity index is 1.59. The van der Waals surface area contributed by atoms with Gasteiger partial charge in [-0.15, -0.1) is 0 Å². The predicted octanol–water partition coefficient (Wildman–Crippen LogP) is 2.98. The second kappa shape index (κ2) is 8.70. The zero-order valence-corrected chi connectivity index (χ0v) is 15.0. The van der Waals surface area contributed by atoms with Gasteiger partial charge in [-0.3, -0.25) is 4.79 Å². The normalized spacial score (nSPS) is 18.7. The molecule has 0 unspecified atom stereocenters. The molecule has 0 atom stereocenters. The SMILES string of the molecule is CCNC(=NCc1ccc(N2CCCCC2=O)cc1)NC1CC=CC1. The van der Waals surface area contributed by atoms with Crippen molar-refractivity contribution in [3.05, 3.63) is 42.0 Å². The summed E-state index contributed by atoms with van der Waals surface area (Å²) in [6.07, 6.45) is 9.31. The van der Waals surface area contributed by atoms with Crippen LogP contribution >= 0.6 is 0 Å².